The maximum atomic E-state index is 11.3. The lowest BCUT2D eigenvalue weighted by Gasteiger charge is -2.17. The summed E-state index contributed by atoms with van der Waals surface area (Å²) in [5.74, 6) is 0. The van der Waals surface area contributed by atoms with Crippen molar-refractivity contribution in [1.29, 1.82) is 0 Å². The van der Waals surface area contributed by atoms with Gasteiger partial charge in [0, 0.05) is 12.6 Å². The van der Waals surface area contributed by atoms with Gasteiger partial charge < -0.3 is 10.4 Å². The SMILES string of the molecule is CC(NCC(O)c1ccsc1)c1cccc(S(N)(=O)=O)c1. The maximum absolute atomic E-state index is 11.3. The van der Waals surface area contributed by atoms with Crippen LogP contribution in [-0.2, 0) is 10.0 Å². The van der Waals surface area contributed by atoms with Crippen LogP contribution in [0.5, 0.6) is 0 Å². The number of hydrogen-bond donors (Lipinski definition) is 3. The average molecular weight is 326 g/mol. The van der Waals surface area contributed by atoms with Crippen LogP contribution in [0.25, 0.3) is 0 Å². The zero-order valence-electron chi connectivity index (χ0n) is 11.6. The largest absolute Gasteiger partial charge is 0.387 e. The molecule has 4 N–H and O–H groups in total. The normalized spacial score (nSPS) is 14.8. The standard InChI is InChI=1S/C14H18N2O3S2/c1-10(16-8-14(17)12-5-6-20-9-12)11-3-2-4-13(7-11)21(15,18)19/h2-7,9-10,14,16-17H,8H2,1H3,(H2,15,18,19). The van der Waals surface area contributed by atoms with Gasteiger partial charge in [0.15, 0.2) is 0 Å². The minimum Gasteiger partial charge on any atom is -0.387 e. The number of nitrogens with two attached hydrogens (primary N) is 1. The molecule has 0 spiro atoms. The molecule has 7 heteroatoms. The number of sulfonamides is 1. The van der Waals surface area contributed by atoms with Crippen molar-refractivity contribution in [2.45, 2.75) is 24.0 Å². The molecule has 5 nitrogen and oxygen atoms in total. The number of nitrogens with one attached hydrogen (secondary N) is 1. The van der Waals surface area contributed by atoms with Crippen LogP contribution in [0.1, 0.15) is 30.2 Å². The summed E-state index contributed by atoms with van der Waals surface area (Å²) in [7, 11) is -3.70. The first-order valence-corrected chi connectivity index (χ1v) is 8.93. The number of primary sulfonamides is 1. The fraction of sp³-hybridized carbons (Fsp3) is 0.286. The number of benzene rings is 1. The quantitative estimate of drug-likeness (QED) is 0.754. The van der Waals surface area contributed by atoms with Crippen LogP contribution in [0.15, 0.2) is 46.0 Å². The highest BCUT2D eigenvalue weighted by molar-refractivity contribution is 7.89. The van der Waals surface area contributed by atoms with Gasteiger partial charge in [0.25, 0.3) is 0 Å². The van der Waals surface area contributed by atoms with Gasteiger partial charge in [0.1, 0.15) is 0 Å². The zero-order chi connectivity index (χ0) is 15.5. The summed E-state index contributed by atoms with van der Waals surface area (Å²) in [5, 5.41) is 22.1. The van der Waals surface area contributed by atoms with Gasteiger partial charge in [-0.25, -0.2) is 13.6 Å². The second-order valence-electron chi connectivity index (χ2n) is 4.82. The Morgan fingerprint density at radius 1 is 1.33 bits per heavy atom. The number of hydrogen-bond acceptors (Lipinski definition) is 5. The van der Waals surface area contributed by atoms with E-state index in [0.717, 1.165) is 11.1 Å². The molecular formula is C14H18N2O3S2. The van der Waals surface area contributed by atoms with Crippen LogP contribution < -0.4 is 10.5 Å². The van der Waals surface area contributed by atoms with Gasteiger partial charge in [0.2, 0.25) is 10.0 Å². The highest BCUT2D eigenvalue weighted by Gasteiger charge is 2.13. The molecular weight excluding hydrogens is 308 g/mol. The van der Waals surface area contributed by atoms with Gasteiger partial charge in [0.05, 0.1) is 11.0 Å². The highest BCUT2D eigenvalue weighted by Crippen LogP contribution is 2.19. The molecule has 21 heavy (non-hydrogen) atoms. The number of thiophene rings is 1. The molecule has 0 bridgehead atoms. The van der Waals surface area contributed by atoms with E-state index in [4.69, 9.17) is 5.14 Å². The van der Waals surface area contributed by atoms with Crippen molar-refractivity contribution in [2.75, 3.05) is 6.54 Å². The van der Waals surface area contributed by atoms with Crippen molar-refractivity contribution in [1.82, 2.24) is 5.32 Å². The molecule has 114 valence electrons. The van der Waals surface area contributed by atoms with E-state index < -0.39 is 16.1 Å². The summed E-state index contributed by atoms with van der Waals surface area (Å²) in [5.41, 5.74) is 1.68. The minimum atomic E-state index is -3.70. The molecule has 0 aliphatic rings. The van der Waals surface area contributed by atoms with Crippen molar-refractivity contribution in [3.8, 4) is 0 Å². The van der Waals surface area contributed by atoms with Crippen molar-refractivity contribution in [2.24, 2.45) is 5.14 Å². The first kappa shape index (κ1) is 16.1. The summed E-state index contributed by atoms with van der Waals surface area (Å²) in [6.07, 6.45) is -0.583. The molecule has 0 radical (unpaired) electrons. The van der Waals surface area contributed by atoms with Gasteiger partial charge >= 0.3 is 0 Å². The Balaban J connectivity index is 2.02. The Morgan fingerprint density at radius 2 is 2.10 bits per heavy atom. The topological polar surface area (TPSA) is 92.4 Å². The fourth-order valence-corrected chi connectivity index (χ4v) is 3.23. The predicted molar refractivity (Wildman–Crippen MR) is 83.5 cm³/mol. The van der Waals surface area contributed by atoms with Crippen molar-refractivity contribution in [3.05, 3.63) is 52.2 Å². The average Bonchev–Trinajstić information content (AvgIpc) is 2.98. The molecule has 2 rings (SSSR count). The molecule has 0 amide bonds. The van der Waals surface area contributed by atoms with E-state index >= 15 is 0 Å². The van der Waals surface area contributed by atoms with Crippen LogP contribution in [0.3, 0.4) is 0 Å². The van der Waals surface area contributed by atoms with E-state index in [-0.39, 0.29) is 10.9 Å². The highest BCUT2D eigenvalue weighted by atomic mass is 32.2. The summed E-state index contributed by atoms with van der Waals surface area (Å²) in [4.78, 5) is 0.0898. The van der Waals surface area contributed by atoms with Crippen molar-refractivity contribution >= 4 is 21.4 Å². The van der Waals surface area contributed by atoms with Crippen LogP contribution in [0.4, 0.5) is 0 Å². The van der Waals surface area contributed by atoms with E-state index in [9.17, 15) is 13.5 Å². The number of aliphatic hydroxyl groups is 1. The molecule has 0 saturated heterocycles. The Bertz CT molecular complexity index is 684. The smallest absolute Gasteiger partial charge is 0.238 e. The molecule has 0 aliphatic carbocycles. The number of rotatable bonds is 6. The molecule has 1 heterocycles. The van der Waals surface area contributed by atoms with Crippen LogP contribution in [0, 0.1) is 0 Å². The molecule has 0 saturated carbocycles. The lowest BCUT2D eigenvalue weighted by Crippen LogP contribution is -2.24. The second kappa shape index (κ2) is 6.67. The van der Waals surface area contributed by atoms with Crippen LogP contribution in [0.2, 0.25) is 0 Å². The van der Waals surface area contributed by atoms with E-state index in [0.29, 0.717) is 6.54 Å². The lowest BCUT2D eigenvalue weighted by atomic mass is 10.1. The third-order valence-corrected chi connectivity index (χ3v) is 4.84. The van der Waals surface area contributed by atoms with E-state index in [1.165, 1.54) is 17.4 Å². The van der Waals surface area contributed by atoms with Crippen LogP contribution in [-0.4, -0.2) is 20.1 Å². The van der Waals surface area contributed by atoms with Gasteiger partial charge in [-0.2, -0.15) is 11.3 Å². The molecule has 0 fully saturated rings. The summed E-state index contributed by atoms with van der Waals surface area (Å²) >= 11 is 1.53. The van der Waals surface area contributed by atoms with E-state index in [2.05, 4.69) is 5.32 Å². The number of aliphatic hydroxyl groups excluding tert-OH is 1. The summed E-state index contributed by atoms with van der Waals surface area (Å²) in [6.45, 7) is 2.29. The summed E-state index contributed by atoms with van der Waals surface area (Å²) < 4.78 is 22.7. The van der Waals surface area contributed by atoms with Gasteiger partial charge in [-0.1, -0.05) is 12.1 Å². The Labute approximate surface area is 128 Å². The third kappa shape index (κ3) is 4.36. The first-order chi connectivity index (χ1) is 9.88. The monoisotopic (exact) mass is 326 g/mol. The minimum absolute atomic E-state index is 0.0898. The Kier molecular flexibility index (Phi) is 5.13. The zero-order valence-corrected chi connectivity index (χ0v) is 13.2. The molecule has 1 aromatic carbocycles. The van der Waals surface area contributed by atoms with Gasteiger partial charge in [-0.15, -0.1) is 0 Å². The van der Waals surface area contributed by atoms with E-state index in [1.807, 2.05) is 29.8 Å². The Hall–Kier alpha value is -1.25. The Morgan fingerprint density at radius 3 is 2.71 bits per heavy atom. The van der Waals surface area contributed by atoms with Crippen molar-refractivity contribution in [3.63, 3.8) is 0 Å². The first-order valence-electron chi connectivity index (χ1n) is 6.44. The third-order valence-electron chi connectivity index (χ3n) is 3.23. The molecule has 2 unspecified atom stereocenters. The van der Waals surface area contributed by atoms with Crippen molar-refractivity contribution < 1.29 is 13.5 Å². The second-order valence-corrected chi connectivity index (χ2v) is 7.16. The van der Waals surface area contributed by atoms with Gasteiger partial charge in [-0.3, -0.25) is 0 Å². The lowest BCUT2D eigenvalue weighted by molar-refractivity contribution is 0.171. The molecule has 1 aromatic heterocycles. The van der Waals surface area contributed by atoms with Gasteiger partial charge in [-0.05, 0) is 47.0 Å². The summed E-state index contributed by atoms with van der Waals surface area (Å²) in [6, 6.07) is 8.27. The maximum Gasteiger partial charge on any atom is 0.238 e. The molecule has 0 aliphatic heterocycles. The predicted octanol–water partition coefficient (Wildman–Crippen LogP) is 1.78. The van der Waals surface area contributed by atoms with E-state index in [1.54, 1.807) is 12.1 Å². The molecule has 2 atom stereocenters. The van der Waals surface area contributed by atoms with Crippen LogP contribution >= 0.6 is 11.3 Å². The fourth-order valence-electron chi connectivity index (χ4n) is 1.95. The molecule has 2 aromatic rings.